The molecule has 6 heteroatoms. The van der Waals surface area contributed by atoms with E-state index >= 15 is 0 Å². The van der Waals surface area contributed by atoms with Crippen molar-refractivity contribution in [2.45, 2.75) is 50.6 Å². The van der Waals surface area contributed by atoms with E-state index in [-0.39, 0.29) is 22.8 Å². The van der Waals surface area contributed by atoms with Crippen LogP contribution in [-0.2, 0) is 9.53 Å². The van der Waals surface area contributed by atoms with E-state index in [0.29, 0.717) is 11.8 Å². The molecule has 0 aromatic carbocycles. The summed E-state index contributed by atoms with van der Waals surface area (Å²) in [7, 11) is 0. The van der Waals surface area contributed by atoms with E-state index < -0.39 is 0 Å². The second-order valence-corrected chi connectivity index (χ2v) is 5.78. The lowest BCUT2D eigenvalue weighted by molar-refractivity contribution is -0.142. The number of aromatic nitrogens is 2. The van der Waals surface area contributed by atoms with E-state index in [0.717, 1.165) is 6.42 Å². The Morgan fingerprint density at radius 1 is 1.47 bits per heavy atom. The molecule has 0 saturated carbocycles. The highest BCUT2D eigenvalue weighted by atomic mass is 32.2. The molecular formula is C13H20N2O3S. The van der Waals surface area contributed by atoms with Crippen LogP contribution >= 0.6 is 11.8 Å². The maximum Gasteiger partial charge on any atom is 0.319 e. The molecule has 0 aliphatic heterocycles. The summed E-state index contributed by atoms with van der Waals surface area (Å²) in [4.78, 5) is 27.0. The standard InChI is InChI=1S/C13H20N2O3S/c1-5-8-18-12(17)10(4)19-13-14-11(16)6-7-15(13)9(2)3/h6-7,9-10H,5,8H2,1-4H3. The van der Waals surface area contributed by atoms with Crippen LogP contribution in [0.4, 0.5) is 0 Å². The van der Waals surface area contributed by atoms with Crippen molar-refractivity contribution in [2.75, 3.05) is 6.61 Å². The summed E-state index contributed by atoms with van der Waals surface area (Å²) in [6, 6.07) is 1.60. The monoisotopic (exact) mass is 284 g/mol. The van der Waals surface area contributed by atoms with Crippen LogP contribution in [-0.4, -0.2) is 27.4 Å². The second kappa shape index (κ2) is 7.33. The fraction of sp³-hybridized carbons (Fsp3) is 0.615. The number of thioether (sulfide) groups is 1. The van der Waals surface area contributed by atoms with Crippen LogP contribution in [0.1, 0.15) is 40.2 Å². The summed E-state index contributed by atoms with van der Waals surface area (Å²) in [5, 5.41) is 0.161. The van der Waals surface area contributed by atoms with Gasteiger partial charge in [-0.1, -0.05) is 18.7 Å². The van der Waals surface area contributed by atoms with Gasteiger partial charge in [-0.05, 0) is 27.2 Å². The number of rotatable bonds is 6. The summed E-state index contributed by atoms with van der Waals surface area (Å²) in [5.41, 5.74) is -0.298. The van der Waals surface area contributed by atoms with E-state index in [1.54, 1.807) is 13.1 Å². The van der Waals surface area contributed by atoms with E-state index in [1.165, 1.54) is 17.8 Å². The largest absolute Gasteiger partial charge is 0.465 e. The van der Waals surface area contributed by atoms with E-state index in [1.807, 2.05) is 25.3 Å². The van der Waals surface area contributed by atoms with E-state index in [2.05, 4.69) is 4.98 Å². The van der Waals surface area contributed by atoms with Crippen molar-refractivity contribution >= 4 is 17.7 Å². The predicted molar refractivity (Wildman–Crippen MR) is 75.5 cm³/mol. The van der Waals surface area contributed by atoms with Crippen LogP contribution in [0.25, 0.3) is 0 Å². The summed E-state index contributed by atoms with van der Waals surface area (Å²) >= 11 is 1.25. The first-order chi connectivity index (χ1) is 8.95. The lowest BCUT2D eigenvalue weighted by Crippen LogP contribution is -2.21. The molecule has 0 radical (unpaired) electrons. The van der Waals surface area contributed by atoms with Crippen LogP contribution in [0.2, 0.25) is 0 Å². The Morgan fingerprint density at radius 2 is 2.16 bits per heavy atom. The summed E-state index contributed by atoms with van der Waals surface area (Å²) in [6.45, 7) is 8.11. The third-order valence-corrected chi connectivity index (χ3v) is 3.48. The van der Waals surface area contributed by atoms with E-state index in [9.17, 15) is 9.59 Å². The van der Waals surface area contributed by atoms with Gasteiger partial charge in [0.15, 0.2) is 5.16 Å². The first-order valence-corrected chi connectivity index (χ1v) is 7.26. The molecular weight excluding hydrogens is 264 g/mol. The van der Waals surface area contributed by atoms with Crippen LogP contribution in [0.3, 0.4) is 0 Å². The quantitative estimate of drug-likeness (QED) is 0.455. The zero-order valence-corrected chi connectivity index (χ0v) is 12.6. The summed E-state index contributed by atoms with van der Waals surface area (Å²) < 4.78 is 6.95. The molecule has 0 saturated heterocycles. The topological polar surface area (TPSA) is 61.2 Å². The smallest absolute Gasteiger partial charge is 0.319 e. The van der Waals surface area contributed by atoms with Gasteiger partial charge in [-0.15, -0.1) is 0 Å². The van der Waals surface area contributed by atoms with Crippen molar-refractivity contribution in [2.24, 2.45) is 0 Å². The van der Waals surface area contributed by atoms with Gasteiger partial charge in [0.05, 0.1) is 6.61 Å². The van der Waals surface area contributed by atoms with Crippen molar-refractivity contribution in [3.05, 3.63) is 22.6 Å². The number of esters is 1. The Labute approximate surface area is 117 Å². The van der Waals surface area contributed by atoms with Crippen molar-refractivity contribution in [1.82, 2.24) is 9.55 Å². The molecule has 1 unspecified atom stereocenters. The molecule has 0 aliphatic rings. The number of carbonyl (C=O) groups excluding carboxylic acids is 1. The van der Waals surface area contributed by atoms with Crippen molar-refractivity contribution in [1.29, 1.82) is 0 Å². The Hall–Kier alpha value is -1.30. The van der Waals surface area contributed by atoms with Gasteiger partial charge < -0.3 is 9.30 Å². The van der Waals surface area contributed by atoms with Gasteiger partial charge in [-0.3, -0.25) is 9.59 Å². The molecule has 1 rings (SSSR count). The Balaban J connectivity index is 2.83. The molecule has 1 aromatic rings. The fourth-order valence-corrected chi connectivity index (χ4v) is 2.42. The maximum atomic E-state index is 11.7. The molecule has 19 heavy (non-hydrogen) atoms. The number of carbonyl (C=O) groups is 1. The molecule has 5 nitrogen and oxygen atoms in total. The van der Waals surface area contributed by atoms with Gasteiger partial charge in [0.1, 0.15) is 5.25 Å². The van der Waals surface area contributed by atoms with Crippen LogP contribution < -0.4 is 5.56 Å². The van der Waals surface area contributed by atoms with Crippen LogP contribution in [0.15, 0.2) is 22.2 Å². The molecule has 1 atom stereocenters. The van der Waals surface area contributed by atoms with Gasteiger partial charge >= 0.3 is 5.97 Å². The second-order valence-electron chi connectivity index (χ2n) is 4.48. The van der Waals surface area contributed by atoms with Gasteiger partial charge in [-0.25, -0.2) is 0 Å². The third-order valence-electron chi connectivity index (χ3n) is 2.42. The first-order valence-electron chi connectivity index (χ1n) is 6.38. The number of hydrogen-bond donors (Lipinski definition) is 0. The maximum absolute atomic E-state index is 11.7. The van der Waals surface area contributed by atoms with Gasteiger partial charge in [0, 0.05) is 18.3 Å². The van der Waals surface area contributed by atoms with Crippen molar-refractivity contribution in [3.8, 4) is 0 Å². The molecule has 0 fully saturated rings. The summed E-state index contributed by atoms with van der Waals surface area (Å²) in [6.07, 6.45) is 2.50. The minimum atomic E-state index is -0.383. The highest BCUT2D eigenvalue weighted by molar-refractivity contribution is 8.00. The van der Waals surface area contributed by atoms with E-state index in [4.69, 9.17) is 4.74 Å². The zero-order chi connectivity index (χ0) is 14.4. The first kappa shape index (κ1) is 15.8. The summed E-state index contributed by atoms with van der Waals surface area (Å²) in [5.74, 6) is -0.278. The van der Waals surface area contributed by atoms with Gasteiger partial charge in [-0.2, -0.15) is 4.98 Å². The lowest BCUT2D eigenvalue weighted by atomic mass is 10.4. The van der Waals surface area contributed by atoms with Gasteiger partial charge in [0.2, 0.25) is 0 Å². The predicted octanol–water partition coefficient (Wildman–Crippen LogP) is 2.26. The molecule has 0 amide bonds. The number of nitrogens with zero attached hydrogens (tertiary/aromatic N) is 2. The third kappa shape index (κ3) is 4.70. The SMILES string of the molecule is CCCOC(=O)C(C)Sc1nc(=O)ccn1C(C)C. The molecule has 0 aliphatic carbocycles. The van der Waals surface area contributed by atoms with Crippen LogP contribution in [0, 0.1) is 0 Å². The molecule has 0 N–H and O–H groups in total. The Bertz CT molecular complexity index is 485. The average molecular weight is 284 g/mol. The highest BCUT2D eigenvalue weighted by Crippen LogP contribution is 2.23. The zero-order valence-electron chi connectivity index (χ0n) is 11.8. The fourth-order valence-electron chi connectivity index (χ4n) is 1.40. The Kier molecular flexibility index (Phi) is 6.08. The van der Waals surface area contributed by atoms with Gasteiger partial charge in [0.25, 0.3) is 5.56 Å². The van der Waals surface area contributed by atoms with Crippen molar-refractivity contribution in [3.63, 3.8) is 0 Å². The Morgan fingerprint density at radius 3 is 2.74 bits per heavy atom. The van der Waals surface area contributed by atoms with Crippen LogP contribution in [0.5, 0.6) is 0 Å². The minimum Gasteiger partial charge on any atom is -0.465 e. The lowest BCUT2D eigenvalue weighted by Gasteiger charge is -2.17. The molecule has 0 spiro atoms. The normalized spacial score (nSPS) is 12.5. The molecule has 106 valence electrons. The average Bonchev–Trinajstić information content (AvgIpc) is 2.35. The van der Waals surface area contributed by atoms with Crippen molar-refractivity contribution < 1.29 is 9.53 Å². The highest BCUT2D eigenvalue weighted by Gasteiger charge is 2.19. The molecule has 1 heterocycles. The number of ether oxygens (including phenoxy) is 1. The molecule has 0 bridgehead atoms. The molecule has 1 aromatic heterocycles. The number of hydrogen-bond acceptors (Lipinski definition) is 5. The minimum absolute atomic E-state index is 0.175.